The van der Waals surface area contributed by atoms with Gasteiger partial charge in [0.15, 0.2) is 12.2 Å². The fourth-order valence-electron chi connectivity index (χ4n) is 14.4. The van der Waals surface area contributed by atoms with Crippen LogP contribution >= 0.6 is 0 Å². The highest BCUT2D eigenvalue weighted by Crippen LogP contribution is 2.78. The van der Waals surface area contributed by atoms with Crippen molar-refractivity contribution >= 4 is 23.9 Å². The molecule has 0 spiro atoms. The Kier molecular flexibility index (Phi) is 11.5. The van der Waals surface area contributed by atoms with E-state index in [1.54, 1.807) is 0 Å². The summed E-state index contributed by atoms with van der Waals surface area (Å²) >= 11 is 0. The number of ether oxygens (including phenoxy) is 4. The summed E-state index contributed by atoms with van der Waals surface area (Å²) in [5, 5.41) is 0. The molecule has 5 aliphatic rings. The lowest BCUT2D eigenvalue weighted by molar-refractivity contribution is -0.241. The van der Waals surface area contributed by atoms with E-state index in [2.05, 4.69) is 48.5 Å². The first-order valence-electron chi connectivity index (χ1n) is 20.3. The van der Waals surface area contributed by atoms with Crippen molar-refractivity contribution < 1.29 is 38.1 Å². The van der Waals surface area contributed by atoms with Gasteiger partial charge in [-0.2, -0.15) is 0 Å². The Bertz CT molecular complexity index is 1320. The number of hydrogen-bond donors (Lipinski definition) is 0. The minimum Gasteiger partial charge on any atom is -0.462 e. The fraction of sp³-hybridized carbons (Fsp3) is 0.907. The molecule has 0 aromatic heterocycles. The van der Waals surface area contributed by atoms with E-state index in [1.807, 2.05) is 0 Å². The normalized spacial score (nSPS) is 40.5. The lowest BCUT2D eigenvalue weighted by Gasteiger charge is -2.73. The standard InChI is InChI=1S/C43H70O8/c1-26(13-14-33(49-28(3)45)38(51-30(5)47)34(50-29(4)46)25-48-27(2)44)31-17-22-40(8)32(31)18-23-42(10)36(40)15-16-37-41(9)21-12-20-39(6,7)35(41)19-24-43(37,42)11/h26,31-38H,12-25H2,1-11H3/t26-,31+,32-,33+,34-,35-,36+,37+,38+,40-,41-,42+,43+/m0/s1. The fourth-order valence-corrected chi connectivity index (χ4v) is 14.4. The second-order valence-corrected chi connectivity index (χ2v) is 19.5. The SMILES string of the molecule is CC(=O)OC[C@H](OC(C)=O)[C@H](OC(C)=O)[C@@H](CC[C@H](C)[C@H]1CC[C@]2(C)[C@H]3CC[C@@H]4[C@@]5(C)CCCC(C)(C)[C@@H]5CC[C@@]4(C)[C@]3(C)CC[C@@H]12)OC(C)=O. The van der Waals surface area contributed by atoms with Crippen LogP contribution in [0.25, 0.3) is 0 Å². The highest BCUT2D eigenvalue weighted by atomic mass is 16.6. The molecular formula is C43H70O8. The molecule has 0 unspecified atom stereocenters. The Morgan fingerprint density at radius 2 is 1.16 bits per heavy atom. The third-order valence-electron chi connectivity index (χ3n) is 16.5. The Hall–Kier alpha value is -2.12. The monoisotopic (exact) mass is 715 g/mol. The molecule has 290 valence electrons. The number of carbonyl (C=O) groups excluding carboxylic acids is 4. The third-order valence-corrected chi connectivity index (χ3v) is 16.5. The Labute approximate surface area is 308 Å². The minimum absolute atomic E-state index is 0.305. The summed E-state index contributed by atoms with van der Waals surface area (Å²) in [4.78, 5) is 48.3. The Morgan fingerprint density at radius 1 is 0.588 bits per heavy atom. The Balaban J connectivity index is 1.33. The van der Waals surface area contributed by atoms with E-state index in [1.165, 1.54) is 98.3 Å². The van der Waals surface area contributed by atoms with Gasteiger partial charge in [-0.25, -0.2) is 0 Å². The maximum absolute atomic E-state index is 12.4. The number of rotatable bonds is 11. The summed E-state index contributed by atoms with van der Waals surface area (Å²) in [5.41, 5.74) is 1.92. The molecule has 13 atom stereocenters. The highest BCUT2D eigenvalue weighted by molar-refractivity contribution is 5.68. The summed E-state index contributed by atoms with van der Waals surface area (Å²) < 4.78 is 22.1. The highest BCUT2D eigenvalue weighted by Gasteiger charge is 2.70. The van der Waals surface area contributed by atoms with E-state index >= 15 is 0 Å². The van der Waals surface area contributed by atoms with Gasteiger partial charge in [0, 0.05) is 27.7 Å². The number of carbonyl (C=O) groups is 4. The van der Waals surface area contributed by atoms with Crippen LogP contribution in [-0.2, 0) is 38.1 Å². The first kappa shape index (κ1) is 40.1. The van der Waals surface area contributed by atoms with Crippen molar-refractivity contribution in [3.63, 3.8) is 0 Å². The summed E-state index contributed by atoms with van der Waals surface area (Å²) in [5.74, 6) is 1.68. The smallest absolute Gasteiger partial charge is 0.303 e. The molecule has 51 heavy (non-hydrogen) atoms. The van der Waals surface area contributed by atoms with Gasteiger partial charge in [0.25, 0.3) is 0 Å². The molecule has 0 saturated heterocycles. The first-order valence-corrected chi connectivity index (χ1v) is 20.3. The van der Waals surface area contributed by atoms with Gasteiger partial charge in [0.05, 0.1) is 0 Å². The molecule has 0 aliphatic heterocycles. The van der Waals surface area contributed by atoms with Gasteiger partial charge in [-0.05, 0) is 140 Å². The number of esters is 4. The quantitative estimate of drug-likeness (QED) is 0.154. The number of fused-ring (bicyclic) bond motifs is 7. The molecule has 0 heterocycles. The van der Waals surface area contributed by atoms with E-state index in [-0.39, 0.29) is 6.61 Å². The molecule has 5 saturated carbocycles. The van der Waals surface area contributed by atoms with Crippen molar-refractivity contribution in [1.29, 1.82) is 0 Å². The number of hydrogen-bond acceptors (Lipinski definition) is 8. The summed E-state index contributed by atoms with van der Waals surface area (Å²) in [6, 6.07) is 0. The molecule has 8 heteroatoms. The maximum Gasteiger partial charge on any atom is 0.303 e. The van der Waals surface area contributed by atoms with Gasteiger partial charge in [0.1, 0.15) is 12.7 Å². The lowest BCUT2D eigenvalue weighted by atomic mass is 9.32. The predicted molar refractivity (Wildman–Crippen MR) is 196 cm³/mol. The Morgan fingerprint density at radius 3 is 1.75 bits per heavy atom. The lowest BCUT2D eigenvalue weighted by Crippen LogP contribution is -2.65. The molecule has 5 aliphatic carbocycles. The van der Waals surface area contributed by atoms with Crippen molar-refractivity contribution in [3.8, 4) is 0 Å². The molecule has 0 radical (unpaired) electrons. The molecular weight excluding hydrogens is 644 g/mol. The van der Waals surface area contributed by atoms with Crippen LogP contribution in [0.15, 0.2) is 0 Å². The summed E-state index contributed by atoms with van der Waals surface area (Å²) in [6.07, 6.45) is 12.8. The molecule has 0 aromatic carbocycles. The van der Waals surface area contributed by atoms with E-state index in [0.29, 0.717) is 51.2 Å². The van der Waals surface area contributed by atoms with Crippen LogP contribution in [-0.4, -0.2) is 48.8 Å². The largest absolute Gasteiger partial charge is 0.462 e. The van der Waals surface area contributed by atoms with E-state index < -0.39 is 42.2 Å². The molecule has 8 nitrogen and oxygen atoms in total. The molecule has 0 bridgehead atoms. The van der Waals surface area contributed by atoms with Crippen LogP contribution in [0, 0.1) is 62.6 Å². The topological polar surface area (TPSA) is 105 Å². The van der Waals surface area contributed by atoms with Crippen LogP contribution in [0.2, 0.25) is 0 Å². The zero-order valence-electron chi connectivity index (χ0n) is 33.9. The van der Waals surface area contributed by atoms with E-state index in [4.69, 9.17) is 18.9 Å². The first-order chi connectivity index (χ1) is 23.7. The van der Waals surface area contributed by atoms with Crippen molar-refractivity contribution in [3.05, 3.63) is 0 Å². The average Bonchev–Trinajstić information content (AvgIpc) is 3.36. The second kappa shape index (κ2) is 14.6. The summed E-state index contributed by atoms with van der Waals surface area (Å²) in [6.45, 7) is 23.0. The predicted octanol–water partition coefficient (Wildman–Crippen LogP) is 9.25. The third kappa shape index (κ3) is 7.25. The van der Waals surface area contributed by atoms with Gasteiger partial charge in [-0.15, -0.1) is 0 Å². The molecule has 0 aromatic rings. The zero-order valence-corrected chi connectivity index (χ0v) is 33.9. The van der Waals surface area contributed by atoms with Crippen LogP contribution in [0.4, 0.5) is 0 Å². The zero-order chi connectivity index (χ0) is 37.7. The van der Waals surface area contributed by atoms with Crippen molar-refractivity contribution in [1.82, 2.24) is 0 Å². The van der Waals surface area contributed by atoms with Gasteiger partial charge in [-0.3, -0.25) is 19.2 Å². The summed E-state index contributed by atoms with van der Waals surface area (Å²) in [7, 11) is 0. The van der Waals surface area contributed by atoms with Crippen LogP contribution in [0.5, 0.6) is 0 Å². The van der Waals surface area contributed by atoms with Gasteiger partial charge >= 0.3 is 23.9 Å². The van der Waals surface area contributed by atoms with Crippen LogP contribution < -0.4 is 0 Å². The molecule has 0 amide bonds. The van der Waals surface area contributed by atoms with Crippen molar-refractivity contribution in [2.24, 2.45) is 62.6 Å². The molecule has 5 fully saturated rings. The van der Waals surface area contributed by atoms with Crippen molar-refractivity contribution in [2.75, 3.05) is 6.61 Å². The maximum atomic E-state index is 12.4. The van der Waals surface area contributed by atoms with Gasteiger partial charge < -0.3 is 18.9 Å². The van der Waals surface area contributed by atoms with E-state index in [9.17, 15) is 19.2 Å². The average molecular weight is 715 g/mol. The second-order valence-electron chi connectivity index (χ2n) is 19.5. The molecule has 5 rings (SSSR count). The van der Waals surface area contributed by atoms with Crippen LogP contribution in [0.1, 0.15) is 160 Å². The van der Waals surface area contributed by atoms with Gasteiger partial charge in [-0.1, -0.05) is 54.9 Å². The minimum atomic E-state index is -1.10. The van der Waals surface area contributed by atoms with Crippen molar-refractivity contribution in [2.45, 2.75) is 178 Å². The van der Waals surface area contributed by atoms with E-state index in [0.717, 1.165) is 24.2 Å². The van der Waals surface area contributed by atoms with Crippen LogP contribution in [0.3, 0.4) is 0 Å². The van der Waals surface area contributed by atoms with Gasteiger partial charge in [0.2, 0.25) is 0 Å². The molecule has 0 N–H and O–H groups in total.